The van der Waals surface area contributed by atoms with Gasteiger partial charge in [0.25, 0.3) is 15.9 Å². The molecule has 0 radical (unpaired) electrons. The van der Waals surface area contributed by atoms with Crippen LogP contribution in [0.15, 0.2) is 77.7 Å². The van der Waals surface area contributed by atoms with Crippen molar-refractivity contribution in [3.05, 3.63) is 106 Å². The number of aromatic nitrogens is 1. The second-order valence-electron chi connectivity index (χ2n) is 10.3. The maximum absolute atomic E-state index is 14.3. The highest BCUT2D eigenvalue weighted by molar-refractivity contribution is 7.90. The lowest BCUT2D eigenvalue weighted by Crippen LogP contribution is -2.23. The summed E-state index contributed by atoms with van der Waals surface area (Å²) in [5.74, 6) is -0.275. The summed E-state index contributed by atoms with van der Waals surface area (Å²) >= 11 is 0. The number of fused-ring (bicyclic) bond motifs is 5. The Morgan fingerprint density at radius 3 is 2.41 bits per heavy atom. The lowest BCUT2D eigenvalue weighted by Gasteiger charge is -2.17. The first-order chi connectivity index (χ1) is 19.6. The smallest absolute Gasteiger partial charge is 0.340 e. The standard InChI is InChI=1S/C32H28N2O6S/c1-19-8-7-10-23(14-19)41(37,38)34-26-13-12-20(2)15-24(26)29-28-22(16-25(30(29)34)32(36)40-4)18-33(31(28)35)17-21-9-5-6-11-27(21)39-3/h5-16H,17-18H2,1-4H3. The van der Waals surface area contributed by atoms with E-state index in [1.54, 1.807) is 36.3 Å². The Kier molecular flexibility index (Phi) is 6.34. The molecule has 1 amide bonds. The zero-order chi connectivity index (χ0) is 29.1. The van der Waals surface area contributed by atoms with Crippen molar-refractivity contribution in [2.75, 3.05) is 14.2 Å². The summed E-state index contributed by atoms with van der Waals surface area (Å²) in [5, 5.41) is 0.996. The second-order valence-corrected chi connectivity index (χ2v) is 12.0. The molecule has 0 saturated heterocycles. The molecule has 0 N–H and O–H groups in total. The van der Waals surface area contributed by atoms with Gasteiger partial charge in [-0.15, -0.1) is 0 Å². The molecule has 9 heteroatoms. The predicted molar refractivity (Wildman–Crippen MR) is 156 cm³/mol. The molecular formula is C32H28N2O6S. The molecule has 6 rings (SSSR count). The fraction of sp³-hybridized carbons (Fsp3) is 0.188. The molecule has 0 fully saturated rings. The maximum Gasteiger partial charge on any atom is 0.340 e. The quantitative estimate of drug-likeness (QED) is 0.248. The van der Waals surface area contributed by atoms with Crippen LogP contribution < -0.4 is 4.74 Å². The molecule has 0 spiro atoms. The normalized spacial score (nSPS) is 13.2. The third-order valence-electron chi connectivity index (χ3n) is 7.57. The molecule has 0 bridgehead atoms. The number of nitrogens with zero attached hydrogens (tertiary/aromatic N) is 2. The number of carbonyl (C=O) groups is 2. The highest BCUT2D eigenvalue weighted by atomic mass is 32.2. The van der Waals surface area contributed by atoms with Crippen LogP contribution in [0.2, 0.25) is 0 Å². The van der Waals surface area contributed by atoms with Gasteiger partial charge in [-0.2, -0.15) is 0 Å². The summed E-state index contributed by atoms with van der Waals surface area (Å²) in [6.45, 7) is 4.25. The zero-order valence-electron chi connectivity index (χ0n) is 23.1. The van der Waals surface area contributed by atoms with Crippen LogP contribution in [0.3, 0.4) is 0 Å². The van der Waals surface area contributed by atoms with Gasteiger partial charge in [0.05, 0.1) is 41.3 Å². The van der Waals surface area contributed by atoms with E-state index >= 15 is 0 Å². The van der Waals surface area contributed by atoms with Crippen molar-refractivity contribution in [1.82, 2.24) is 8.87 Å². The lowest BCUT2D eigenvalue weighted by molar-refractivity contribution is 0.0602. The molecule has 208 valence electrons. The van der Waals surface area contributed by atoms with E-state index < -0.39 is 16.0 Å². The van der Waals surface area contributed by atoms with Gasteiger partial charge in [-0.25, -0.2) is 17.2 Å². The number of para-hydroxylation sites is 1. The zero-order valence-corrected chi connectivity index (χ0v) is 23.9. The number of hydrogen-bond donors (Lipinski definition) is 0. The van der Waals surface area contributed by atoms with Gasteiger partial charge in [0, 0.05) is 29.4 Å². The van der Waals surface area contributed by atoms with Crippen molar-refractivity contribution >= 4 is 43.7 Å². The summed E-state index contributed by atoms with van der Waals surface area (Å²) in [6.07, 6.45) is 0. The topological polar surface area (TPSA) is 94.9 Å². The molecule has 0 unspecified atom stereocenters. The third kappa shape index (κ3) is 4.15. The third-order valence-corrected chi connectivity index (χ3v) is 9.28. The largest absolute Gasteiger partial charge is 0.496 e. The van der Waals surface area contributed by atoms with Gasteiger partial charge in [-0.05, 0) is 61.4 Å². The Hall–Kier alpha value is -4.63. The number of amides is 1. The van der Waals surface area contributed by atoms with Crippen molar-refractivity contribution in [3.63, 3.8) is 0 Å². The number of carbonyl (C=O) groups excluding carboxylic acids is 2. The first kappa shape index (κ1) is 26.6. The minimum absolute atomic E-state index is 0.0808. The van der Waals surface area contributed by atoms with E-state index in [9.17, 15) is 18.0 Å². The number of benzene rings is 4. The molecule has 1 aliphatic rings. The highest BCUT2D eigenvalue weighted by Gasteiger charge is 2.36. The molecule has 2 heterocycles. The van der Waals surface area contributed by atoms with E-state index in [1.807, 2.05) is 56.3 Å². The number of aryl methyl sites for hydroxylation is 2. The second kappa shape index (κ2) is 9.78. The van der Waals surface area contributed by atoms with E-state index in [-0.39, 0.29) is 35.0 Å². The minimum Gasteiger partial charge on any atom is -0.496 e. The Morgan fingerprint density at radius 1 is 0.927 bits per heavy atom. The average Bonchev–Trinajstić information content (AvgIpc) is 3.46. The van der Waals surface area contributed by atoms with Gasteiger partial charge < -0.3 is 14.4 Å². The van der Waals surface area contributed by atoms with E-state index in [4.69, 9.17) is 9.47 Å². The Morgan fingerprint density at radius 2 is 1.68 bits per heavy atom. The van der Waals surface area contributed by atoms with Crippen LogP contribution in [0, 0.1) is 13.8 Å². The Balaban J connectivity index is 1.67. The Labute approximate surface area is 237 Å². The summed E-state index contributed by atoms with van der Waals surface area (Å²) in [7, 11) is -1.35. The number of methoxy groups -OCH3 is 2. The van der Waals surface area contributed by atoms with Crippen LogP contribution in [0.5, 0.6) is 5.75 Å². The van der Waals surface area contributed by atoms with E-state index in [0.29, 0.717) is 33.2 Å². The van der Waals surface area contributed by atoms with Crippen LogP contribution in [-0.2, 0) is 27.8 Å². The van der Waals surface area contributed by atoms with Crippen LogP contribution in [0.1, 0.15) is 43.0 Å². The van der Waals surface area contributed by atoms with Gasteiger partial charge >= 0.3 is 5.97 Å². The van der Waals surface area contributed by atoms with Crippen LogP contribution in [0.25, 0.3) is 21.8 Å². The molecule has 1 aliphatic heterocycles. The predicted octanol–water partition coefficient (Wildman–Crippen LogP) is 5.60. The molecule has 4 aromatic carbocycles. The highest BCUT2D eigenvalue weighted by Crippen LogP contribution is 2.42. The van der Waals surface area contributed by atoms with Crippen molar-refractivity contribution in [1.29, 1.82) is 0 Å². The number of rotatable bonds is 6. The molecule has 41 heavy (non-hydrogen) atoms. The van der Waals surface area contributed by atoms with E-state index in [1.165, 1.54) is 17.1 Å². The Bertz CT molecular complexity index is 2010. The summed E-state index contributed by atoms with van der Waals surface area (Å²) in [5.41, 5.74) is 4.10. The van der Waals surface area contributed by atoms with Crippen molar-refractivity contribution < 1.29 is 27.5 Å². The molecule has 0 saturated carbocycles. The molecular weight excluding hydrogens is 540 g/mol. The fourth-order valence-corrected chi connectivity index (χ4v) is 7.36. The van der Waals surface area contributed by atoms with Crippen molar-refractivity contribution in [2.24, 2.45) is 0 Å². The molecule has 8 nitrogen and oxygen atoms in total. The lowest BCUT2D eigenvalue weighted by atomic mass is 9.98. The number of esters is 1. The summed E-state index contributed by atoms with van der Waals surface area (Å²) in [4.78, 5) is 29.1. The minimum atomic E-state index is -4.19. The monoisotopic (exact) mass is 568 g/mol. The SMILES string of the molecule is COC(=O)c1cc2c(c3c4cc(C)ccc4n(S(=O)(=O)c4cccc(C)c4)c13)C(=O)N(Cc1ccccc1OC)C2. The first-order valence-electron chi connectivity index (χ1n) is 13.1. The van der Waals surface area contributed by atoms with Crippen molar-refractivity contribution in [3.8, 4) is 5.75 Å². The number of ether oxygens (including phenoxy) is 2. The van der Waals surface area contributed by atoms with E-state index in [0.717, 1.165) is 16.7 Å². The van der Waals surface area contributed by atoms with Gasteiger partial charge in [-0.3, -0.25) is 4.79 Å². The van der Waals surface area contributed by atoms with Crippen LogP contribution in [0.4, 0.5) is 0 Å². The summed E-state index contributed by atoms with van der Waals surface area (Å²) < 4.78 is 40.4. The van der Waals surface area contributed by atoms with E-state index in [2.05, 4.69) is 0 Å². The first-order valence-corrected chi connectivity index (χ1v) is 14.5. The molecule has 0 aliphatic carbocycles. The molecule has 5 aromatic rings. The van der Waals surface area contributed by atoms with Crippen molar-refractivity contribution in [2.45, 2.75) is 31.8 Å². The number of hydrogen-bond acceptors (Lipinski definition) is 6. The van der Waals surface area contributed by atoms with Crippen LogP contribution >= 0.6 is 0 Å². The summed E-state index contributed by atoms with van der Waals surface area (Å²) in [6, 6.07) is 21.1. The maximum atomic E-state index is 14.3. The van der Waals surface area contributed by atoms with Gasteiger partial charge in [0.15, 0.2) is 0 Å². The van der Waals surface area contributed by atoms with Gasteiger partial charge in [0.1, 0.15) is 5.75 Å². The van der Waals surface area contributed by atoms with Crippen LogP contribution in [-0.4, -0.2) is 43.4 Å². The average molecular weight is 569 g/mol. The molecule has 1 aromatic heterocycles. The molecule has 0 atom stereocenters. The van der Waals surface area contributed by atoms with Gasteiger partial charge in [-0.1, -0.05) is 42.0 Å². The fourth-order valence-electron chi connectivity index (χ4n) is 5.72. The van der Waals surface area contributed by atoms with Gasteiger partial charge in [0.2, 0.25) is 0 Å².